The third-order valence-electron chi connectivity index (χ3n) is 5.32. The summed E-state index contributed by atoms with van der Waals surface area (Å²) in [5.41, 5.74) is 8.25. The zero-order chi connectivity index (χ0) is 19.5. The molecule has 2 heterocycles. The Bertz CT molecular complexity index is 1100. The van der Waals surface area contributed by atoms with Crippen LogP contribution < -0.4 is 11.3 Å². The molecule has 4 aromatic rings. The molecule has 2 aromatic carbocycles. The van der Waals surface area contributed by atoms with Gasteiger partial charge in [-0.25, -0.2) is 15.8 Å². The van der Waals surface area contributed by atoms with Crippen molar-refractivity contribution in [2.75, 3.05) is 5.43 Å². The predicted molar refractivity (Wildman–Crippen MR) is 116 cm³/mol. The number of para-hydroxylation sites is 1. The Balaban J connectivity index is 1.93. The van der Waals surface area contributed by atoms with E-state index in [0.717, 1.165) is 60.0 Å². The SMILES string of the molecule is CCCCc1nc2c(NN)nc3ccccc3c2n1Cc1ccc(CC)cc1. The van der Waals surface area contributed by atoms with Gasteiger partial charge in [0.05, 0.1) is 11.0 Å². The number of benzene rings is 2. The number of pyridine rings is 1. The van der Waals surface area contributed by atoms with Crippen molar-refractivity contribution >= 4 is 27.8 Å². The number of imidazole rings is 1. The van der Waals surface area contributed by atoms with E-state index in [1.165, 1.54) is 11.1 Å². The zero-order valence-corrected chi connectivity index (χ0v) is 16.6. The molecule has 28 heavy (non-hydrogen) atoms. The molecule has 0 atom stereocenters. The summed E-state index contributed by atoms with van der Waals surface area (Å²) in [6.07, 6.45) is 4.23. The number of hydrogen-bond acceptors (Lipinski definition) is 4. The van der Waals surface area contributed by atoms with Gasteiger partial charge in [0.25, 0.3) is 0 Å². The minimum Gasteiger partial charge on any atom is -0.323 e. The van der Waals surface area contributed by atoms with Crippen LogP contribution in [0, 0.1) is 0 Å². The molecule has 0 fully saturated rings. The Labute approximate surface area is 165 Å². The quantitative estimate of drug-likeness (QED) is 0.360. The average Bonchev–Trinajstić information content (AvgIpc) is 3.10. The summed E-state index contributed by atoms with van der Waals surface area (Å²) in [6, 6.07) is 17.1. The van der Waals surface area contributed by atoms with E-state index in [9.17, 15) is 0 Å². The topological polar surface area (TPSA) is 68.8 Å². The molecule has 144 valence electrons. The van der Waals surface area contributed by atoms with E-state index in [-0.39, 0.29) is 0 Å². The molecule has 4 rings (SSSR count). The van der Waals surface area contributed by atoms with Crippen LogP contribution in [0.5, 0.6) is 0 Å². The summed E-state index contributed by atoms with van der Waals surface area (Å²) >= 11 is 0. The molecule has 0 amide bonds. The van der Waals surface area contributed by atoms with Crippen LogP contribution in [0.3, 0.4) is 0 Å². The molecule has 0 aliphatic heterocycles. The highest BCUT2D eigenvalue weighted by atomic mass is 15.3. The van der Waals surface area contributed by atoms with Crippen LogP contribution in [0.4, 0.5) is 5.82 Å². The van der Waals surface area contributed by atoms with Crippen LogP contribution in [-0.4, -0.2) is 14.5 Å². The minimum atomic E-state index is 0.631. The van der Waals surface area contributed by atoms with Crippen molar-refractivity contribution in [3.8, 4) is 0 Å². The molecule has 2 aromatic heterocycles. The van der Waals surface area contributed by atoms with Gasteiger partial charge in [0.1, 0.15) is 11.3 Å². The van der Waals surface area contributed by atoms with Crippen molar-refractivity contribution < 1.29 is 0 Å². The van der Waals surface area contributed by atoms with E-state index in [0.29, 0.717) is 5.82 Å². The largest absolute Gasteiger partial charge is 0.323 e. The number of fused-ring (bicyclic) bond motifs is 3. The highest BCUT2D eigenvalue weighted by Gasteiger charge is 2.18. The van der Waals surface area contributed by atoms with E-state index in [1.807, 2.05) is 12.1 Å². The molecule has 5 heteroatoms. The van der Waals surface area contributed by atoms with Crippen molar-refractivity contribution in [1.82, 2.24) is 14.5 Å². The third kappa shape index (κ3) is 3.34. The summed E-state index contributed by atoms with van der Waals surface area (Å²) in [7, 11) is 0. The monoisotopic (exact) mass is 373 g/mol. The Morgan fingerprint density at radius 1 is 0.964 bits per heavy atom. The molecule has 0 aliphatic rings. The van der Waals surface area contributed by atoms with Crippen LogP contribution in [0.2, 0.25) is 0 Å². The number of hydrogen-bond donors (Lipinski definition) is 2. The van der Waals surface area contributed by atoms with Gasteiger partial charge >= 0.3 is 0 Å². The highest BCUT2D eigenvalue weighted by molar-refractivity contribution is 6.07. The molecule has 3 N–H and O–H groups in total. The van der Waals surface area contributed by atoms with Gasteiger partial charge in [-0.05, 0) is 30.0 Å². The maximum atomic E-state index is 5.79. The molecule has 0 saturated carbocycles. The standard InChI is InChI=1S/C23H27N5/c1-3-5-10-20-26-21-22(18-8-6-7-9-19(18)25-23(21)27-24)28(20)15-17-13-11-16(4-2)12-14-17/h6-9,11-14H,3-5,10,15,24H2,1-2H3,(H,25,27). The Morgan fingerprint density at radius 2 is 1.71 bits per heavy atom. The highest BCUT2D eigenvalue weighted by Crippen LogP contribution is 2.31. The van der Waals surface area contributed by atoms with Crippen molar-refractivity contribution in [2.45, 2.75) is 46.1 Å². The smallest absolute Gasteiger partial charge is 0.168 e. The van der Waals surface area contributed by atoms with Crippen LogP contribution in [0.15, 0.2) is 48.5 Å². The third-order valence-corrected chi connectivity index (χ3v) is 5.32. The summed E-state index contributed by atoms with van der Waals surface area (Å²) in [4.78, 5) is 9.63. The summed E-state index contributed by atoms with van der Waals surface area (Å²) < 4.78 is 2.34. The van der Waals surface area contributed by atoms with Gasteiger partial charge in [0.2, 0.25) is 0 Å². The molecule has 0 radical (unpaired) electrons. The fourth-order valence-corrected chi connectivity index (χ4v) is 3.74. The van der Waals surface area contributed by atoms with E-state index >= 15 is 0 Å². The summed E-state index contributed by atoms with van der Waals surface area (Å²) in [5, 5.41) is 1.11. The molecular formula is C23H27N5. The van der Waals surface area contributed by atoms with E-state index in [1.54, 1.807) is 0 Å². The fraction of sp³-hybridized carbons (Fsp3) is 0.304. The van der Waals surface area contributed by atoms with Gasteiger partial charge in [-0.2, -0.15) is 0 Å². The predicted octanol–water partition coefficient (Wildman–Crippen LogP) is 4.82. The summed E-state index contributed by atoms with van der Waals surface area (Å²) in [6.45, 7) is 5.18. The number of aromatic nitrogens is 3. The van der Waals surface area contributed by atoms with Gasteiger partial charge in [-0.15, -0.1) is 0 Å². The van der Waals surface area contributed by atoms with E-state index in [2.05, 4.69) is 65.2 Å². The maximum absolute atomic E-state index is 5.79. The number of nitrogens with zero attached hydrogens (tertiary/aromatic N) is 3. The lowest BCUT2D eigenvalue weighted by atomic mass is 10.1. The number of aryl methyl sites for hydroxylation is 2. The number of rotatable bonds is 7. The molecule has 0 spiro atoms. The van der Waals surface area contributed by atoms with Crippen LogP contribution in [0.25, 0.3) is 21.9 Å². The van der Waals surface area contributed by atoms with E-state index < -0.39 is 0 Å². The van der Waals surface area contributed by atoms with Crippen molar-refractivity contribution in [3.05, 3.63) is 65.5 Å². The van der Waals surface area contributed by atoms with Gasteiger partial charge in [-0.1, -0.05) is 62.7 Å². The van der Waals surface area contributed by atoms with Crippen LogP contribution in [-0.2, 0) is 19.4 Å². The zero-order valence-electron chi connectivity index (χ0n) is 16.6. The number of nitrogen functional groups attached to an aromatic ring is 1. The first-order valence-electron chi connectivity index (χ1n) is 10.1. The number of unbranched alkanes of at least 4 members (excludes halogenated alkanes) is 1. The van der Waals surface area contributed by atoms with Gasteiger partial charge in [0.15, 0.2) is 5.82 Å². The average molecular weight is 374 g/mol. The molecule has 0 saturated heterocycles. The second-order valence-electron chi connectivity index (χ2n) is 7.21. The second-order valence-corrected chi connectivity index (χ2v) is 7.21. The van der Waals surface area contributed by atoms with Gasteiger partial charge in [-0.3, -0.25) is 0 Å². The van der Waals surface area contributed by atoms with Crippen molar-refractivity contribution in [3.63, 3.8) is 0 Å². The first kappa shape index (κ1) is 18.4. The van der Waals surface area contributed by atoms with Crippen LogP contribution >= 0.6 is 0 Å². The van der Waals surface area contributed by atoms with Crippen molar-refractivity contribution in [1.29, 1.82) is 0 Å². The number of nitrogens with one attached hydrogen (secondary N) is 1. The Kier molecular flexibility index (Phi) is 5.26. The van der Waals surface area contributed by atoms with E-state index in [4.69, 9.17) is 10.8 Å². The number of nitrogens with two attached hydrogens (primary N) is 1. The molecular weight excluding hydrogens is 346 g/mol. The van der Waals surface area contributed by atoms with Crippen LogP contribution in [0.1, 0.15) is 43.6 Å². The second kappa shape index (κ2) is 7.98. The lowest BCUT2D eigenvalue weighted by Gasteiger charge is -2.12. The number of anilines is 1. The molecule has 0 unspecified atom stereocenters. The lowest BCUT2D eigenvalue weighted by molar-refractivity contribution is 0.690. The molecule has 0 aliphatic carbocycles. The normalized spacial score (nSPS) is 11.4. The summed E-state index contributed by atoms with van der Waals surface area (Å²) in [5.74, 6) is 7.51. The number of hydrazine groups is 1. The fourth-order valence-electron chi connectivity index (χ4n) is 3.74. The molecule has 5 nitrogen and oxygen atoms in total. The van der Waals surface area contributed by atoms with Gasteiger partial charge < -0.3 is 9.99 Å². The van der Waals surface area contributed by atoms with Crippen molar-refractivity contribution in [2.24, 2.45) is 5.84 Å². The Morgan fingerprint density at radius 3 is 2.43 bits per heavy atom. The molecule has 0 bridgehead atoms. The minimum absolute atomic E-state index is 0.631. The first-order chi connectivity index (χ1) is 13.7. The maximum Gasteiger partial charge on any atom is 0.168 e. The Hall–Kier alpha value is -2.92. The first-order valence-corrected chi connectivity index (χ1v) is 10.1. The lowest BCUT2D eigenvalue weighted by Crippen LogP contribution is -2.09. The van der Waals surface area contributed by atoms with Gasteiger partial charge in [0, 0.05) is 18.4 Å².